The zero-order valence-electron chi connectivity index (χ0n) is 13.5. The lowest BCUT2D eigenvalue weighted by Crippen LogP contribution is -2.47. The summed E-state index contributed by atoms with van der Waals surface area (Å²) in [7, 11) is 0. The lowest BCUT2D eigenvalue weighted by Gasteiger charge is -2.35. The minimum Gasteiger partial charge on any atom is -0.387 e. The fourth-order valence-electron chi connectivity index (χ4n) is 3.07. The summed E-state index contributed by atoms with van der Waals surface area (Å²) in [4.78, 5) is 4.57. The van der Waals surface area contributed by atoms with Crippen molar-refractivity contribution < 1.29 is 9.50 Å². The molecule has 1 aliphatic rings. The van der Waals surface area contributed by atoms with E-state index in [2.05, 4.69) is 21.9 Å². The van der Waals surface area contributed by atoms with Gasteiger partial charge in [-0.3, -0.25) is 9.80 Å². The molecule has 1 fully saturated rings. The maximum absolute atomic E-state index is 13.7. The van der Waals surface area contributed by atoms with Gasteiger partial charge in [-0.25, -0.2) is 4.39 Å². The van der Waals surface area contributed by atoms with Gasteiger partial charge in [0.1, 0.15) is 5.82 Å². The first kappa shape index (κ1) is 17.4. The maximum Gasteiger partial charge on any atom is 0.129 e. The number of halogens is 2. The van der Waals surface area contributed by atoms with E-state index in [1.165, 1.54) is 11.6 Å². The van der Waals surface area contributed by atoms with Crippen LogP contribution in [-0.4, -0.2) is 47.6 Å². The molecule has 0 radical (unpaired) electrons. The van der Waals surface area contributed by atoms with Crippen molar-refractivity contribution in [2.45, 2.75) is 12.6 Å². The second-order valence-corrected chi connectivity index (χ2v) is 6.68. The van der Waals surface area contributed by atoms with Crippen LogP contribution in [0.3, 0.4) is 0 Å². The molecule has 0 spiro atoms. The van der Waals surface area contributed by atoms with Crippen LogP contribution in [0.4, 0.5) is 4.39 Å². The smallest absolute Gasteiger partial charge is 0.129 e. The van der Waals surface area contributed by atoms with Crippen LogP contribution in [0.25, 0.3) is 0 Å². The van der Waals surface area contributed by atoms with Crippen LogP contribution in [0.5, 0.6) is 0 Å². The Morgan fingerprint density at radius 3 is 2.25 bits per heavy atom. The summed E-state index contributed by atoms with van der Waals surface area (Å²) in [5.41, 5.74) is 1.63. The maximum atomic E-state index is 13.7. The Balaban J connectivity index is 1.48. The molecule has 128 valence electrons. The summed E-state index contributed by atoms with van der Waals surface area (Å²) < 4.78 is 13.7. The lowest BCUT2D eigenvalue weighted by atomic mass is 10.1. The normalized spacial score (nSPS) is 17.8. The minimum atomic E-state index is -0.783. The van der Waals surface area contributed by atoms with Crippen molar-refractivity contribution in [3.05, 3.63) is 70.5 Å². The fourth-order valence-corrected chi connectivity index (χ4v) is 3.19. The van der Waals surface area contributed by atoms with Crippen LogP contribution in [0.1, 0.15) is 17.2 Å². The molecule has 0 bridgehead atoms. The molecule has 0 saturated carbocycles. The number of rotatable bonds is 5. The molecule has 5 heteroatoms. The number of β-amino-alcohol motifs (C(OH)–C–C–N with tert-alkyl or cyclic N) is 1. The topological polar surface area (TPSA) is 26.7 Å². The molecule has 3 rings (SSSR count). The van der Waals surface area contributed by atoms with E-state index >= 15 is 0 Å². The van der Waals surface area contributed by atoms with Crippen LogP contribution in [0.2, 0.25) is 5.02 Å². The Labute approximate surface area is 147 Å². The SMILES string of the molecule is O[C@@H](CN1CCN(Cc2ccc(Cl)cc2)CC1)c1ccccc1F. The van der Waals surface area contributed by atoms with Gasteiger partial charge in [0.05, 0.1) is 6.10 Å². The third-order valence-electron chi connectivity index (χ3n) is 4.48. The number of aliphatic hydroxyl groups is 1. The van der Waals surface area contributed by atoms with Crippen molar-refractivity contribution in [1.82, 2.24) is 9.80 Å². The van der Waals surface area contributed by atoms with Gasteiger partial charge >= 0.3 is 0 Å². The minimum absolute atomic E-state index is 0.341. The average molecular weight is 349 g/mol. The highest BCUT2D eigenvalue weighted by Gasteiger charge is 2.21. The number of aliphatic hydroxyl groups excluding tert-OH is 1. The van der Waals surface area contributed by atoms with E-state index < -0.39 is 6.10 Å². The second kappa shape index (κ2) is 8.08. The van der Waals surface area contributed by atoms with Crippen molar-refractivity contribution in [2.24, 2.45) is 0 Å². The first-order valence-electron chi connectivity index (χ1n) is 8.23. The first-order chi connectivity index (χ1) is 11.6. The van der Waals surface area contributed by atoms with Crippen molar-refractivity contribution >= 4 is 11.6 Å². The molecular formula is C19H22ClFN2O. The number of hydrogen-bond acceptors (Lipinski definition) is 3. The molecular weight excluding hydrogens is 327 g/mol. The third kappa shape index (κ3) is 4.54. The largest absolute Gasteiger partial charge is 0.387 e. The summed E-state index contributed by atoms with van der Waals surface area (Å²) in [5.74, 6) is -0.341. The average Bonchev–Trinajstić information content (AvgIpc) is 2.59. The summed E-state index contributed by atoms with van der Waals surface area (Å²) in [6, 6.07) is 14.4. The lowest BCUT2D eigenvalue weighted by molar-refractivity contribution is 0.0685. The van der Waals surface area contributed by atoms with E-state index in [0.29, 0.717) is 12.1 Å². The molecule has 1 N–H and O–H groups in total. The zero-order valence-corrected chi connectivity index (χ0v) is 14.3. The zero-order chi connectivity index (χ0) is 16.9. The molecule has 1 atom stereocenters. The number of hydrogen-bond donors (Lipinski definition) is 1. The summed E-state index contributed by atoms with van der Waals surface area (Å²) in [6.07, 6.45) is -0.783. The van der Waals surface area contributed by atoms with Gasteiger partial charge in [-0.15, -0.1) is 0 Å². The van der Waals surface area contributed by atoms with Crippen LogP contribution in [0, 0.1) is 5.82 Å². The van der Waals surface area contributed by atoms with Crippen molar-refractivity contribution in [1.29, 1.82) is 0 Å². The van der Waals surface area contributed by atoms with Gasteiger partial charge in [0.15, 0.2) is 0 Å². The Hall–Kier alpha value is -1.46. The highest BCUT2D eigenvalue weighted by atomic mass is 35.5. The fraction of sp³-hybridized carbons (Fsp3) is 0.368. The Morgan fingerprint density at radius 1 is 0.958 bits per heavy atom. The molecule has 24 heavy (non-hydrogen) atoms. The van der Waals surface area contributed by atoms with Crippen molar-refractivity contribution in [3.8, 4) is 0 Å². The van der Waals surface area contributed by atoms with Gasteiger partial charge in [0, 0.05) is 49.9 Å². The Bertz CT molecular complexity index is 657. The van der Waals surface area contributed by atoms with E-state index in [9.17, 15) is 9.50 Å². The van der Waals surface area contributed by atoms with Crippen molar-refractivity contribution in [3.63, 3.8) is 0 Å². The molecule has 1 heterocycles. The van der Waals surface area contributed by atoms with E-state index in [4.69, 9.17) is 11.6 Å². The Morgan fingerprint density at radius 2 is 1.58 bits per heavy atom. The van der Waals surface area contributed by atoms with Gasteiger partial charge in [0.2, 0.25) is 0 Å². The molecule has 1 saturated heterocycles. The third-order valence-corrected chi connectivity index (χ3v) is 4.73. The summed E-state index contributed by atoms with van der Waals surface area (Å²) >= 11 is 5.91. The molecule has 0 aromatic heterocycles. The van der Waals surface area contributed by atoms with Gasteiger partial charge < -0.3 is 5.11 Å². The van der Waals surface area contributed by atoms with E-state index in [1.807, 2.05) is 12.1 Å². The van der Waals surface area contributed by atoms with Crippen LogP contribution >= 0.6 is 11.6 Å². The molecule has 0 aliphatic carbocycles. The van der Waals surface area contributed by atoms with Gasteiger partial charge in [-0.1, -0.05) is 41.9 Å². The standard InChI is InChI=1S/C19H22ClFN2O/c20-16-7-5-15(6-8-16)13-22-9-11-23(12-10-22)14-19(24)17-3-1-2-4-18(17)21/h1-8,19,24H,9-14H2/t19-/m0/s1. The predicted octanol–water partition coefficient (Wildman–Crippen LogP) is 3.33. The second-order valence-electron chi connectivity index (χ2n) is 6.24. The monoisotopic (exact) mass is 348 g/mol. The number of benzene rings is 2. The van der Waals surface area contributed by atoms with E-state index in [0.717, 1.165) is 37.7 Å². The number of nitrogens with zero attached hydrogens (tertiary/aromatic N) is 2. The van der Waals surface area contributed by atoms with Gasteiger partial charge in [0.25, 0.3) is 0 Å². The molecule has 0 amide bonds. The Kier molecular flexibility index (Phi) is 5.85. The summed E-state index contributed by atoms with van der Waals surface area (Å²) in [5, 5.41) is 11.0. The molecule has 2 aromatic rings. The van der Waals surface area contributed by atoms with Crippen LogP contribution in [0.15, 0.2) is 48.5 Å². The molecule has 1 aliphatic heterocycles. The first-order valence-corrected chi connectivity index (χ1v) is 8.61. The van der Waals surface area contributed by atoms with E-state index in [1.54, 1.807) is 18.2 Å². The molecule has 2 aromatic carbocycles. The number of piperazine rings is 1. The van der Waals surface area contributed by atoms with Crippen molar-refractivity contribution in [2.75, 3.05) is 32.7 Å². The van der Waals surface area contributed by atoms with Crippen LogP contribution in [-0.2, 0) is 6.54 Å². The van der Waals surface area contributed by atoms with E-state index in [-0.39, 0.29) is 5.82 Å². The molecule has 0 unspecified atom stereocenters. The molecule has 3 nitrogen and oxygen atoms in total. The van der Waals surface area contributed by atoms with Crippen LogP contribution < -0.4 is 0 Å². The highest BCUT2D eigenvalue weighted by molar-refractivity contribution is 6.30. The predicted molar refractivity (Wildman–Crippen MR) is 94.5 cm³/mol. The highest BCUT2D eigenvalue weighted by Crippen LogP contribution is 2.19. The summed E-state index contributed by atoms with van der Waals surface area (Å²) in [6.45, 7) is 4.99. The van der Waals surface area contributed by atoms with Gasteiger partial charge in [-0.2, -0.15) is 0 Å². The quantitative estimate of drug-likeness (QED) is 0.897. The van der Waals surface area contributed by atoms with Gasteiger partial charge in [-0.05, 0) is 23.8 Å².